The molecule has 0 saturated heterocycles. The van der Waals surface area contributed by atoms with Crippen LogP contribution in [0.25, 0.3) is 0 Å². The van der Waals surface area contributed by atoms with Crippen LogP contribution in [0.2, 0.25) is 0 Å². The summed E-state index contributed by atoms with van der Waals surface area (Å²) in [6.45, 7) is -0.0433. The van der Waals surface area contributed by atoms with E-state index in [1.54, 1.807) is 0 Å². The maximum absolute atomic E-state index is 12.8. The lowest BCUT2D eigenvalue weighted by molar-refractivity contribution is -0.153. The second-order valence-corrected chi connectivity index (χ2v) is 2.77. The molecule has 0 N–H and O–H groups in total. The molecule has 1 aromatic rings. The Morgan fingerprint density at radius 1 is 1.29 bits per heavy atom. The van der Waals surface area contributed by atoms with Gasteiger partial charge in [0.2, 0.25) is 0 Å². The van der Waals surface area contributed by atoms with Gasteiger partial charge in [0.25, 0.3) is 0 Å². The monoisotopic (exact) mass is 208 g/mol. The molecule has 78 valence electrons. The normalized spacial score (nSPS) is 11.5. The summed E-state index contributed by atoms with van der Waals surface area (Å²) in [4.78, 5) is 0. The van der Waals surface area contributed by atoms with E-state index in [-0.39, 0.29) is 11.3 Å². The molecule has 1 rings (SSSR count). The molecular weight excluding hydrogens is 200 g/mol. The predicted molar refractivity (Wildman–Crippen MR) is 42.7 cm³/mol. The van der Waals surface area contributed by atoms with Crippen LogP contribution in [0.1, 0.15) is 5.56 Å². The van der Waals surface area contributed by atoms with Crippen molar-refractivity contribution >= 4 is 0 Å². The minimum absolute atomic E-state index is 0.0803. The molecule has 0 fully saturated rings. The number of alkyl halides is 3. The van der Waals surface area contributed by atoms with E-state index in [2.05, 4.69) is 4.74 Å². The van der Waals surface area contributed by atoms with Crippen molar-refractivity contribution in [3.05, 3.63) is 29.6 Å². The van der Waals surface area contributed by atoms with E-state index in [9.17, 15) is 17.6 Å². The minimum Gasteiger partial charge on any atom is -0.484 e. The van der Waals surface area contributed by atoms with E-state index in [1.807, 2.05) is 0 Å². The molecule has 0 spiro atoms. The summed E-state index contributed by atoms with van der Waals surface area (Å²) in [5, 5.41) is 0. The van der Waals surface area contributed by atoms with Crippen LogP contribution < -0.4 is 4.74 Å². The van der Waals surface area contributed by atoms with Gasteiger partial charge >= 0.3 is 6.18 Å². The first-order chi connectivity index (χ1) is 6.40. The van der Waals surface area contributed by atoms with E-state index in [0.717, 1.165) is 6.07 Å². The van der Waals surface area contributed by atoms with Crippen molar-refractivity contribution in [1.29, 1.82) is 0 Å². The molecule has 14 heavy (non-hydrogen) atoms. The minimum atomic E-state index is -4.40. The van der Waals surface area contributed by atoms with Crippen LogP contribution in [0.5, 0.6) is 5.75 Å². The Balaban J connectivity index is 2.73. The van der Waals surface area contributed by atoms with Crippen molar-refractivity contribution in [1.82, 2.24) is 0 Å². The fraction of sp³-hybridized carbons (Fsp3) is 0.333. The summed E-state index contributed by atoms with van der Waals surface area (Å²) in [5.74, 6) is -0.660. The topological polar surface area (TPSA) is 9.23 Å². The quantitative estimate of drug-likeness (QED) is 0.678. The Labute approximate surface area is 78.3 Å². The highest BCUT2D eigenvalue weighted by Crippen LogP contribution is 2.23. The number of hydrogen-bond donors (Lipinski definition) is 0. The third kappa shape index (κ3) is 2.90. The molecule has 0 aliphatic rings. The van der Waals surface area contributed by atoms with Crippen molar-refractivity contribution in [2.75, 3.05) is 6.61 Å². The van der Waals surface area contributed by atoms with Crippen molar-refractivity contribution < 1.29 is 22.3 Å². The summed E-state index contributed by atoms with van der Waals surface area (Å²) in [7, 11) is 0. The first kappa shape index (κ1) is 10.8. The van der Waals surface area contributed by atoms with Crippen LogP contribution in [0.15, 0.2) is 18.2 Å². The van der Waals surface area contributed by atoms with Gasteiger partial charge in [0.05, 0.1) is 0 Å². The summed E-state index contributed by atoms with van der Waals surface area (Å²) in [6.07, 6.45) is -4.40. The van der Waals surface area contributed by atoms with Crippen LogP contribution in [0.4, 0.5) is 17.6 Å². The highest BCUT2D eigenvalue weighted by Gasteiger charge is 2.28. The van der Waals surface area contributed by atoms with Crippen LogP contribution in [0.3, 0.4) is 0 Å². The number of ether oxygens (including phenoxy) is 1. The lowest BCUT2D eigenvalue weighted by atomic mass is 10.2. The lowest BCUT2D eigenvalue weighted by Gasteiger charge is -2.11. The van der Waals surface area contributed by atoms with Gasteiger partial charge in [0.15, 0.2) is 6.61 Å². The first-order valence-corrected chi connectivity index (χ1v) is 3.85. The molecule has 0 aromatic heterocycles. The average Bonchev–Trinajstić information content (AvgIpc) is 2.06. The molecule has 0 aliphatic heterocycles. The van der Waals surface area contributed by atoms with E-state index in [4.69, 9.17) is 0 Å². The molecule has 0 saturated carbocycles. The largest absolute Gasteiger partial charge is 0.484 e. The van der Waals surface area contributed by atoms with Gasteiger partial charge in [0, 0.05) is 5.56 Å². The van der Waals surface area contributed by atoms with E-state index in [0.29, 0.717) is 0 Å². The third-order valence-electron chi connectivity index (χ3n) is 1.61. The zero-order valence-corrected chi connectivity index (χ0v) is 7.36. The number of rotatable bonds is 2. The maximum Gasteiger partial charge on any atom is 0.422 e. The van der Waals surface area contributed by atoms with Crippen molar-refractivity contribution in [3.8, 4) is 5.75 Å². The fourth-order valence-corrected chi connectivity index (χ4v) is 0.904. The Morgan fingerprint density at radius 2 is 1.93 bits per heavy atom. The fourth-order valence-electron chi connectivity index (χ4n) is 0.904. The summed E-state index contributed by atoms with van der Waals surface area (Å²) >= 11 is 0. The molecule has 1 aromatic carbocycles. The molecule has 5 heteroatoms. The number of halogens is 4. The lowest BCUT2D eigenvalue weighted by Crippen LogP contribution is -2.19. The van der Waals surface area contributed by atoms with Gasteiger partial charge in [-0.05, 0) is 19.1 Å². The van der Waals surface area contributed by atoms with Crippen LogP contribution >= 0.6 is 0 Å². The van der Waals surface area contributed by atoms with E-state index >= 15 is 0 Å². The highest BCUT2D eigenvalue weighted by atomic mass is 19.4. The zero-order chi connectivity index (χ0) is 10.8. The van der Waals surface area contributed by atoms with Gasteiger partial charge < -0.3 is 4.74 Å². The highest BCUT2D eigenvalue weighted by molar-refractivity contribution is 5.33. The van der Waals surface area contributed by atoms with Gasteiger partial charge in [-0.1, -0.05) is 6.07 Å². The van der Waals surface area contributed by atoms with Gasteiger partial charge in [0.1, 0.15) is 11.6 Å². The standard InChI is InChI=1S/C9H8F4O/c1-6-7(10)3-2-4-8(6)14-5-9(11,12)13/h2-4H,5H2,1H3. The van der Waals surface area contributed by atoms with Gasteiger partial charge in [-0.3, -0.25) is 0 Å². The Hall–Kier alpha value is -1.26. The molecule has 0 bridgehead atoms. The molecule has 0 atom stereocenters. The van der Waals surface area contributed by atoms with E-state index in [1.165, 1.54) is 19.1 Å². The SMILES string of the molecule is Cc1c(F)cccc1OCC(F)(F)F. The molecule has 0 amide bonds. The van der Waals surface area contributed by atoms with Gasteiger partial charge in [-0.2, -0.15) is 13.2 Å². The number of hydrogen-bond acceptors (Lipinski definition) is 1. The summed E-state index contributed by atoms with van der Waals surface area (Å²) < 4.78 is 52.5. The third-order valence-corrected chi connectivity index (χ3v) is 1.61. The van der Waals surface area contributed by atoms with Crippen LogP contribution in [-0.2, 0) is 0 Å². The van der Waals surface area contributed by atoms with E-state index < -0.39 is 18.6 Å². The Bertz CT molecular complexity index is 319. The van der Waals surface area contributed by atoms with Crippen molar-refractivity contribution in [2.45, 2.75) is 13.1 Å². The first-order valence-electron chi connectivity index (χ1n) is 3.85. The van der Waals surface area contributed by atoms with Gasteiger partial charge in [-0.25, -0.2) is 4.39 Å². The summed E-state index contributed by atoms with van der Waals surface area (Å²) in [5.41, 5.74) is 0.0803. The predicted octanol–water partition coefficient (Wildman–Crippen LogP) is 3.08. The van der Waals surface area contributed by atoms with Crippen molar-refractivity contribution in [2.24, 2.45) is 0 Å². The second kappa shape index (κ2) is 3.86. The Morgan fingerprint density at radius 3 is 2.50 bits per heavy atom. The zero-order valence-electron chi connectivity index (χ0n) is 7.36. The number of benzene rings is 1. The molecule has 0 heterocycles. The summed E-state index contributed by atoms with van der Waals surface area (Å²) in [6, 6.07) is 3.76. The smallest absolute Gasteiger partial charge is 0.422 e. The Kier molecular flexibility index (Phi) is 2.98. The average molecular weight is 208 g/mol. The van der Waals surface area contributed by atoms with Gasteiger partial charge in [-0.15, -0.1) is 0 Å². The van der Waals surface area contributed by atoms with Crippen LogP contribution in [-0.4, -0.2) is 12.8 Å². The molecule has 0 aliphatic carbocycles. The maximum atomic E-state index is 12.8. The molecule has 0 unspecified atom stereocenters. The molecule has 0 radical (unpaired) electrons. The molecular formula is C9H8F4O. The van der Waals surface area contributed by atoms with Crippen molar-refractivity contribution in [3.63, 3.8) is 0 Å². The second-order valence-electron chi connectivity index (χ2n) is 2.77. The molecule has 1 nitrogen and oxygen atoms in total. The van der Waals surface area contributed by atoms with Crippen LogP contribution in [0, 0.1) is 12.7 Å².